The lowest BCUT2D eigenvalue weighted by molar-refractivity contribution is -0.143. The fourth-order valence-electron chi connectivity index (χ4n) is 3.48. The van der Waals surface area contributed by atoms with Crippen LogP contribution in [0.25, 0.3) is 0 Å². The first-order chi connectivity index (χ1) is 13.8. The van der Waals surface area contributed by atoms with E-state index in [9.17, 15) is 4.79 Å². The number of unbranched alkanes of at least 4 members (excludes halogenated alkanes) is 16. The molecule has 0 fully saturated rings. The number of ether oxygens (including phenoxy) is 1. The summed E-state index contributed by atoms with van der Waals surface area (Å²) >= 11 is 0. The maximum Gasteiger partial charge on any atom is 0.305 e. The summed E-state index contributed by atoms with van der Waals surface area (Å²) in [6, 6.07) is 0. The minimum Gasteiger partial charge on any atom is -0.466 e. The number of rotatable bonds is 22. The number of hydrogen-bond donors (Lipinski definition) is 0. The summed E-state index contributed by atoms with van der Waals surface area (Å²) in [5, 5.41) is 0. The monoisotopic (exact) mass is 394 g/mol. The summed E-state index contributed by atoms with van der Waals surface area (Å²) in [6.45, 7) is 5.13. The summed E-state index contributed by atoms with van der Waals surface area (Å²) < 4.78 is 5.32. The maximum atomic E-state index is 11.7. The Morgan fingerprint density at radius 1 is 0.571 bits per heavy atom. The molecule has 0 spiro atoms. The molecule has 0 unspecified atom stereocenters. The van der Waals surface area contributed by atoms with Crippen LogP contribution < -0.4 is 0 Å². The Morgan fingerprint density at radius 2 is 1.00 bits per heavy atom. The molecule has 0 aliphatic heterocycles. The predicted molar refractivity (Wildman–Crippen MR) is 124 cm³/mol. The molecular weight excluding hydrogens is 344 g/mol. The number of carbonyl (C=O) groups is 1. The van der Waals surface area contributed by atoms with Crippen molar-refractivity contribution < 1.29 is 9.53 Å². The molecule has 0 saturated carbocycles. The summed E-state index contributed by atoms with van der Waals surface area (Å²) in [6.07, 6.45) is 29.5. The molecule has 0 aliphatic rings. The van der Waals surface area contributed by atoms with Gasteiger partial charge in [-0.25, -0.2) is 0 Å². The van der Waals surface area contributed by atoms with E-state index in [1.165, 1.54) is 103 Å². The lowest BCUT2D eigenvalue weighted by atomic mass is 10.1. The van der Waals surface area contributed by atoms with E-state index in [0.717, 1.165) is 19.3 Å². The van der Waals surface area contributed by atoms with Gasteiger partial charge >= 0.3 is 5.97 Å². The molecule has 0 bridgehead atoms. The summed E-state index contributed by atoms with van der Waals surface area (Å²) in [7, 11) is 0. The van der Waals surface area contributed by atoms with Crippen LogP contribution in [0.15, 0.2) is 12.2 Å². The second-order valence-electron chi connectivity index (χ2n) is 8.32. The Kier molecular flexibility index (Phi) is 23.6. The van der Waals surface area contributed by atoms with E-state index in [4.69, 9.17) is 4.74 Å². The van der Waals surface area contributed by atoms with Crippen LogP contribution in [0.3, 0.4) is 0 Å². The Bertz CT molecular complexity index is 335. The van der Waals surface area contributed by atoms with Crippen molar-refractivity contribution in [3.63, 3.8) is 0 Å². The van der Waals surface area contributed by atoms with Gasteiger partial charge in [0.05, 0.1) is 6.61 Å². The SMILES string of the molecule is CCCCCCCC/C=C/CCCCCCCC(=O)OCCCCCCCC. The molecule has 28 heavy (non-hydrogen) atoms. The maximum absolute atomic E-state index is 11.7. The lowest BCUT2D eigenvalue weighted by Crippen LogP contribution is -2.05. The Hall–Kier alpha value is -0.790. The van der Waals surface area contributed by atoms with Crippen molar-refractivity contribution in [2.75, 3.05) is 6.61 Å². The van der Waals surface area contributed by atoms with Gasteiger partial charge in [0, 0.05) is 6.42 Å². The van der Waals surface area contributed by atoms with Gasteiger partial charge in [0.1, 0.15) is 0 Å². The first kappa shape index (κ1) is 27.2. The molecule has 0 aromatic heterocycles. The molecule has 0 saturated heterocycles. The van der Waals surface area contributed by atoms with Gasteiger partial charge in [-0.3, -0.25) is 4.79 Å². The highest BCUT2D eigenvalue weighted by Gasteiger charge is 2.02. The van der Waals surface area contributed by atoms with E-state index in [-0.39, 0.29) is 5.97 Å². The summed E-state index contributed by atoms with van der Waals surface area (Å²) in [5.74, 6) is 0.00573. The summed E-state index contributed by atoms with van der Waals surface area (Å²) in [5.41, 5.74) is 0. The molecule has 0 aromatic carbocycles. The van der Waals surface area contributed by atoms with E-state index >= 15 is 0 Å². The van der Waals surface area contributed by atoms with Crippen LogP contribution in [-0.2, 0) is 9.53 Å². The first-order valence-electron chi connectivity index (χ1n) is 12.6. The van der Waals surface area contributed by atoms with Crippen molar-refractivity contribution in [2.24, 2.45) is 0 Å². The number of esters is 1. The van der Waals surface area contributed by atoms with Crippen LogP contribution in [-0.4, -0.2) is 12.6 Å². The van der Waals surface area contributed by atoms with Gasteiger partial charge in [-0.2, -0.15) is 0 Å². The third-order valence-corrected chi connectivity index (χ3v) is 5.40. The van der Waals surface area contributed by atoms with Crippen LogP contribution in [0.4, 0.5) is 0 Å². The van der Waals surface area contributed by atoms with Crippen molar-refractivity contribution >= 4 is 5.97 Å². The van der Waals surface area contributed by atoms with Crippen molar-refractivity contribution in [3.8, 4) is 0 Å². The molecule has 2 heteroatoms. The molecular formula is C26H50O2. The van der Waals surface area contributed by atoms with E-state index in [1.54, 1.807) is 0 Å². The van der Waals surface area contributed by atoms with E-state index < -0.39 is 0 Å². The molecule has 0 radical (unpaired) electrons. The van der Waals surface area contributed by atoms with Crippen LogP contribution in [0, 0.1) is 0 Å². The zero-order chi connectivity index (χ0) is 20.5. The fourth-order valence-corrected chi connectivity index (χ4v) is 3.48. The molecule has 0 aliphatic carbocycles. The first-order valence-corrected chi connectivity index (χ1v) is 12.6. The minimum atomic E-state index is 0.00573. The zero-order valence-corrected chi connectivity index (χ0v) is 19.3. The molecule has 2 nitrogen and oxygen atoms in total. The highest BCUT2D eigenvalue weighted by molar-refractivity contribution is 5.69. The second kappa shape index (κ2) is 24.2. The molecule has 0 rings (SSSR count). The quantitative estimate of drug-likeness (QED) is 0.104. The van der Waals surface area contributed by atoms with E-state index in [2.05, 4.69) is 26.0 Å². The van der Waals surface area contributed by atoms with Gasteiger partial charge in [-0.05, 0) is 38.5 Å². The van der Waals surface area contributed by atoms with Crippen molar-refractivity contribution in [1.82, 2.24) is 0 Å². The Morgan fingerprint density at radius 3 is 1.54 bits per heavy atom. The fraction of sp³-hybridized carbons (Fsp3) is 0.885. The standard InChI is InChI=1S/C26H50O2/c1-3-5-7-9-11-12-13-14-15-16-17-18-19-20-22-24-26(27)28-25-23-21-10-8-6-4-2/h14-15H,3-13,16-25H2,1-2H3/b15-14+. The second-order valence-corrected chi connectivity index (χ2v) is 8.32. The van der Waals surface area contributed by atoms with Crippen molar-refractivity contribution in [3.05, 3.63) is 12.2 Å². The number of allylic oxidation sites excluding steroid dienone is 2. The van der Waals surface area contributed by atoms with E-state index in [1.807, 2.05) is 0 Å². The molecule has 0 amide bonds. The van der Waals surface area contributed by atoms with Gasteiger partial charge in [-0.1, -0.05) is 109 Å². The Balaban J connectivity index is 3.19. The van der Waals surface area contributed by atoms with Crippen molar-refractivity contribution in [1.29, 1.82) is 0 Å². The van der Waals surface area contributed by atoms with Crippen LogP contribution >= 0.6 is 0 Å². The van der Waals surface area contributed by atoms with Gasteiger partial charge in [0.25, 0.3) is 0 Å². The van der Waals surface area contributed by atoms with Crippen molar-refractivity contribution in [2.45, 2.75) is 142 Å². The third kappa shape index (κ3) is 23.2. The van der Waals surface area contributed by atoms with Gasteiger partial charge in [0.15, 0.2) is 0 Å². The molecule has 0 N–H and O–H groups in total. The average Bonchev–Trinajstić information content (AvgIpc) is 2.70. The van der Waals surface area contributed by atoms with Crippen LogP contribution in [0.2, 0.25) is 0 Å². The van der Waals surface area contributed by atoms with Gasteiger partial charge in [0.2, 0.25) is 0 Å². The molecule has 0 aromatic rings. The predicted octanol–water partition coefficient (Wildman–Crippen LogP) is 8.93. The molecule has 0 heterocycles. The molecule has 166 valence electrons. The Labute approximate surface area is 176 Å². The largest absolute Gasteiger partial charge is 0.466 e. The van der Waals surface area contributed by atoms with Gasteiger partial charge in [-0.15, -0.1) is 0 Å². The molecule has 0 atom stereocenters. The van der Waals surface area contributed by atoms with E-state index in [0.29, 0.717) is 13.0 Å². The van der Waals surface area contributed by atoms with Crippen LogP contribution in [0.1, 0.15) is 142 Å². The van der Waals surface area contributed by atoms with Crippen LogP contribution in [0.5, 0.6) is 0 Å². The summed E-state index contributed by atoms with van der Waals surface area (Å²) in [4.78, 5) is 11.7. The lowest BCUT2D eigenvalue weighted by Gasteiger charge is -2.05. The minimum absolute atomic E-state index is 0.00573. The highest BCUT2D eigenvalue weighted by atomic mass is 16.5. The zero-order valence-electron chi connectivity index (χ0n) is 19.3. The average molecular weight is 395 g/mol. The smallest absolute Gasteiger partial charge is 0.305 e. The normalized spacial score (nSPS) is 11.4. The third-order valence-electron chi connectivity index (χ3n) is 5.40. The topological polar surface area (TPSA) is 26.3 Å². The highest BCUT2D eigenvalue weighted by Crippen LogP contribution is 2.10. The number of hydrogen-bond acceptors (Lipinski definition) is 2. The van der Waals surface area contributed by atoms with Gasteiger partial charge < -0.3 is 4.74 Å². The number of carbonyl (C=O) groups excluding carboxylic acids is 1.